The third kappa shape index (κ3) is 3.70. The van der Waals surface area contributed by atoms with E-state index >= 15 is 0 Å². The standard InChI is InChI=1S/C14H21NO3S/c1-19(17,18)14-7-5-13(6-8-14)15-9-11-3-2-4-12(11)10-16/h5-8,11-12,15-16H,2-4,9-10H2,1H3. The molecule has 5 heteroatoms. The predicted molar refractivity (Wildman–Crippen MR) is 76.0 cm³/mol. The van der Waals surface area contributed by atoms with Crippen LogP contribution in [0.3, 0.4) is 0 Å². The number of hydrogen-bond acceptors (Lipinski definition) is 4. The van der Waals surface area contributed by atoms with Gasteiger partial charge < -0.3 is 10.4 Å². The van der Waals surface area contributed by atoms with E-state index in [1.165, 1.54) is 12.7 Å². The van der Waals surface area contributed by atoms with Crippen LogP contribution in [0.5, 0.6) is 0 Å². The van der Waals surface area contributed by atoms with Crippen LogP contribution in [0.2, 0.25) is 0 Å². The number of hydrogen-bond donors (Lipinski definition) is 2. The summed E-state index contributed by atoms with van der Waals surface area (Å²) in [5, 5.41) is 12.6. The molecule has 0 aliphatic heterocycles. The van der Waals surface area contributed by atoms with Gasteiger partial charge in [-0.15, -0.1) is 0 Å². The summed E-state index contributed by atoms with van der Waals surface area (Å²) in [4.78, 5) is 0.340. The SMILES string of the molecule is CS(=O)(=O)c1ccc(NCC2CCCC2CO)cc1. The Morgan fingerprint density at radius 2 is 1.84 bits per heavy atom. The Kier molecular flexibility index (Phi) is 4.47. The van der Waals surface area contributed by atoms with Crippen LogP contribution in [0.1, 0.15) is 19.3 Å². The normalized spacial score (nSPS) is 23.5. The molecule has 106 valence electrons. The topological polar surface area (TPSA) is 66.4 Å². The van der Waals surface area contributed by atoms with Crippen LogP contribution in [0, 0.1) is 11.8 Å². The maximum absolute atomic E-state index is 11.3. The molecule has 2 rings (SSSR count). The van der Waals surface area contributed by atoms with Crippen molar-refractivity contribution in [2.45, 2.75) is 24.2 Å². The lowest BCUT2D eigenvalue weighted by Crippen LogP contribution is -2.20. The molecular weight excluding hydrogens is 262 g/mol. The first-order valence-corrected chi connectivity index (χ1v) is 8.54. The van der Waals surface area contributed by atoms with Crippen LogP contribution in [0.25, 0.3) is 0 Å². The van der Waals surface area contributed by atoms with Gasteiger partial charge in [-0.2, -0.15) is 0 Å². The molecule has 1 aliphatic carbocycles. The lowest BCUT2D eigenvalue weighted by atomic mass is 9.97. The van der Waals surface area contributed by atoms with Crippen LogP contribution in [0.4, 0.5) is 5.69 Å². The van der Waals surface area contributed by atoms with Gasteiger partial charge in [0.25, 0.3) is 0 Å². The Morgan fingerprint density at radius 3 is 2.42 bits per heavy atom. The van der Waals surface area contributed by atoms with E-state index in [4.69, 9.17) is 0 Å². The Balaban J connectivity index is 1.93. The lowest BCUT2D eigenvalue weighted by Gasteiger charge is -2.18. The molecule has 2 atom stereocenters. The molecule has 0 bridgehead atoms. The maximum Gasteiger partial charge on any atom is 0.175 e. The van der Waals surface area contributed by atoms with Crippen LogP contribution in [-0.2, 0) is 9.84 Å². The number of anilines is 1. The first kappa shape index (κ1) is 14.3. The van der Waals surface area contributed by atoms with Gasteiger partial charge in [0.15, 0.2) is 9.84 Å². The fraction of sp³-hybridized carbons (Fsp3) is 0.571. The Labute approximate surface area is 114 Å². The highest BCUT2D eigenvalue weighted by Crippen LogP contribution is 2.31. The molecule has 1 saturated carbocycles. The Hall–Kier alpha value is -1.07. The minimum Gasteiger partial charge on any atom is -0.396 e. The van der Waals surface area contributed by atoms with Gasteiger partial charge in [0.2, 0.25) is 0 Å². The zero-order valence-electron chi connectivity index (χ0n) is 11.2. The second kappa shape index (κ2) is 5.92. The molecule has 1 aromatic rings. The van der Waals surface area contributed by atoms with Crippen LogP contribution in [-0.4, -0.2) is 32.9 Å². The van der Waals surface area contributed by atoms with Crippen LogP contribution >= 0.6 is 0 Å². The lowest BCUT2D eigenvalue weighted by molar-refractivity contribution is 0.199. The number of aliphatic hydroxyl groups is 1. The number of aliphatic hydroxyl groups excluding tert-OH is 1. The summed E-state index contributed by atoms with van der Waals surface area (Å²) in [6, 6.07) is 6.82. The summed E-state index contributed by atoms with van der Waals surface area (Å²) >= 11 is 0. The molecule has 19 heavy (non-hydrogen) atoms. The van der Waals surface area contributed by atoms with Crippen molar-refractivity contribution in [1.29, 1.82) is 0 Å². The van der Waals surface area contributed by atoms with Gasteiger partial charge in [0.05, 0.1) is 4.90 Å². The average molecular weight is 283 g/mol. The molecule has 4 nitrogen and oxygen atoms in total. The van der Waals surface area contributed by atoms with Crippen molar-refractivity contribution in [3.05, 3.63) is 24.3 Å². The van der Waals surface area contributed by atoms with Crippen molar-refractivity contribution >= 4 is 15.5 Å². The second-order valence-corrected chi connectivity index (χ2v) is 7.33. The van der Waals surface area contributed by atoms with E-state index in [1.807, 2.05) is 0 Å². The van der Waals surface area contributed by atoms with E-state index in [0.29, 0.717) is 16.7 Å². The summed E-state index contributed by atoms with van der Waals surface area (Å²) in [5.41, 5.74) is 0.927. The summed E-state index contributed by atoms with van der Waals surface area (Å²) in [5.74, 6) is 0.919. The minimum absolute atomic E-state index is 0.263. The quantitative estimate of drug-likeness (QED) is 0.866. The summed E-state index contributed by atoms with van der Waals surface area (Å²) < 4.78 is 22.7. The van der Waals surface area contributed by atoms with E-state index in [0.717, 1.165) is 25.1 Å². The average Bonchev–Trinajstić information content (AvgIpc) is 2.83. The summed E-state index contributed by atoms with van der Waals surface area (Å²) in [6.07, 6.45) is 4.65. The maximum atomic E-state index is 11.3. The van der Waals surface area contributed by atoms with Crippen molar-refractivity contribution in [2.24, 2.45) is 11.8 Å². The third-order valence-corrected chi connectivity index (χ3v) is 5.03. The molecule has 0 aromatic heterocycles. The van der Waals surface area contributed by atoms with Crippen LogP contribution < -0.4 is 5.32 Å². The van der Waals surface area contributed by atoms with E-state index in [9.17, 15) is 13.5 Å². The number of benzene rings is 1. The van der Waals surface area contributed by atoms with Crippen molar-refractivity contribution < 1.29 is 13.5 Å². The number of nitrogens with one attached hydrogen (secondary N) is 1. The fourth-order valence-electron chi connectivity index (χ4n) is 2.69. The molecule has 0 radical (unpaired) electrons. The highest BCUT2D eigenvalue weighted by molar-refractivity contribution is 7.90. The van der Waals surface area contributed by atoms with Gasteiger partial charge in [-0.05, 0) is 48.9 Å². The smallest absolute Gasteiger partial charge is 0.175 e. The molecular formula is C14H21NO3S. The van der Waals surface area contributed by atoms with Gasteiger partial charge >= 0.3 is 0 Å². The molecule has 0 spiro atoms. The predicted octanol–water partition coefficient (Wildman–Crippen LogP) is 1.91. The second-order valence-electron chi connectivity index (χ2n) is 5.31. The van der Waals surface area contributed by atoms with E-state index in [2.05, 4.69) is 5.32 Å². The molecule has 1 aromatic carbocycles. The molecule has 1 fully saturated rings. The van der Waals surface area contributed by atoms with Crippen LogP contribution in [0.15, 0.2) is 29.2 Å². The Morgan fingerprint density at radius 1 is 1.21 bits per heavy atom. The van der Waals surface area contributed by atoms with Gasteiger partial charge in [-0.1, -0.05) is 6.42 Å². The van der Waals surface area contributed by atoms with Crippen molar-refractivity contribution in [1.82, 2.24) is 0 Å². The van der Waals surface area contributed by atoms with Gasteiger partial charge in [-0.25, -0.2) is 8.42 Å². The first-order chi connectivity index (χ1) is 9.00. The Bertz CT molecular complexity index is 510. The monoisotopic (exact) mass is 283 g/mol. The van der Waals surface area contributed by atoms with Crippen molar-refractivity contribution in [2.75, 3.05) is 24.7 Å². The highest BCUT2D eigenvalue weighted by Gasteiger charge is 2.26. The molecule has 0 saturated heterocycles. The molecule has 0 heterocycles. The van der Waals surface area contributed by atoms with Gasteiger partial charge in [-0.3, -0.25) is 0 Å². The highest BCUT2D eigenvalue weighted by atomic mass is 32.2. The molecule has 2 N–H and O–H groups in total. The largest absolute Gasteiger partial charge is 0.396 e. The summed E-state index contributed by atoms with van der Waals surface area (Å²) in [7, 11) is -3.12. The van der Waals surface area contributed by atoms with E-state index in [-0.39, 0.29) is 6.61 Å². The van der Waals surface area contributed by atoms with Crippen molar-refractivity contribution in [3.63, 3.8) is 0 Å². The van der Waals surface area contributed by atoms with E-state index in [1.54, 1.807) is 24.3 Å². The zero-order chi connectivity index (χ0) is 13.9. The van der Waals surface area contributed by atoms with E-state index < -0.39 is 9.84 Å². The fourth-order valence-corrected chi connectivity index (χ4v) is 3.32. The van der Waals surface area contributed by atoms with Gasteiger partial charge in [0, 0.05) is 25.1 Å². The molecule has 2 unspecified atom stereocenters. The number of rotatable bonds is 5. The number of sulfone groups is 1. The zero-order valence-corrected chi connectivity index (χ0v) is 12.0. The first-order valence-electron chi connectivity index (χ1n) is 6.65. The van der Waals surface area contributed by atoms with Crippen molar-refractivity contribution in [3.8, 4) is 0 Å². The molecule has 1 aliphatic rings. The molecule has 0 amide bonds. The third-order valence-electron chi connectivity index (χ3n) is 3.90. The summed E-state index contributed by atoms with van der Waals surface area (Å²) in [6.45, 7) is 1.10. The minimum atomic E-state index is -3.12. The van der Waals surface area contributed by atoms with Gasteiger partial charge in [0.1, 0.15) is 0 Å².